The van der Waals surface area contributed by atoms with Gasteiger partial charge in [-0.3, -0.25) is 4.99 Å². The number of nitrogens with one attached hydrogen (secondary N) is 1. The molecular formula is C7H10N2. The first-order valence-corrected chi connectivity index (χ1v) is 3.41. The van der Waals surface area contributed by atoms with Crippen LogP contribution in [0.4, 0.5) is 0 Å². The molecule has 1 N–H and O–H groups in total. The van der Waals surface area contributed by atoms with Crippen LogP contribution in [0.5, 0.6) is 0 Å². The molecule has 2 heteroatoms. The van der Waals surface area contributed by atoms with Crippen molar-refractivity contribution in [3.8, 4) is 0 Å². The van der Waals surface area contributed by atoms with Gasteiger partial charge in [0.1, 0.15) is 0 Å². The van der Waals surface area contributed by atoms with Crippen LogP contribution in [0.2, 0.25) is 0 Å². The van der Waals surface area contributed by atoms with Gasteiger partial charge in [-0.15, -0.1) is 0 Å². The Balaban J connectivity index is 2.01. The smallest absolute Gasteiger partial charge is 0.0870 e. The average Bonchev–Trinajstić information content (AvgIpc) is 2.71. The zero-order chi connectivity index (χ0) is 6.10. The first-order valence-electron chi connectivity index (χ1n) is 3.41. The Morgan fingerprint density at radius 2 is 2.33 bits per heavy atom. The molecule has 0 spiro atoms. The Hall–Kier alpha value is -0.790. The van der Waals surface area contributed by atoms with Crippen molar-refractivity contribution in [1.29, 1.82) is 0 Å². The van der Waals surface area contributed by atoms with Gasteiger partial charge in [-0.25, -0.2) is 0 Å². The molecular weight excluding hydrogens is 112 g/mol. The molecule has 2 nitrogen and oxygen atoms in total. The molecule has 9 heavy (non-hydrogen) atoms. The van der Waals surface area contributed by atoms with Gasteiger partial charge in [0, 0.05) is 0 Å². The molecule has 1 fully saturated rings. The highest BCUT2D eigenvalue weighted by Crippen LogP contribution is 2.35. The van der Waals surface area contributed by atoms with Gasteiger partial charge >= 0.3 is 0 Å². The zero-order valence-corrected chi connectivity index (χ0v) is 5.25. The molecule has 0 amide bonds. The monoisotopic (exact) mass is 122 g/mol. The molecule has 1 unspecified atom stereocenters. The predicted molar refractivity (Wildman–Crippen MR) is 37.3 cm³/mol. The third-order valence-corrected chi connectivity index (χ3v) is 1.82. The maximum Gasteiger partial charge on any atom is 0.0870 e. The van der Waals surface area contributed by atoms with Crippen molar-refractivity contribution >= 4 is 6.34 Å². The minimum atomic E-state index is 0.492. The van der Waals surface area contributed by atoms with Crippen LogP contribution in [0.3, 0.4) is 0 Å². The minimum Gasteiger partial charge on any atom is -0.353 e. The third-order valence-electron chi connectivity index (χ3n) is 1.82. The molecule has 1 heterocycles. The first kappa shape index (κ1) is 5.03. The highest BCUT2D eigenvalue weighted by Gasteiger charge is 2.29. The molecule has 2 aliphatic rings. The molecule has 1 saturated carbocycles. The van der Waals surface area contributed by atoms with Crippen LogP contribution in [0.15, 0.2) is 17.3 Å². The fraction of sp³-hybridized carbons (Fsp3) is 0.571. The number of rotatable bonds is 1. The Labute approximate surface area is 54.7 Å². The highest BCUT2D eigenvalue weighted by molar-refractivity contribution is 5.58. The molecule has 0 aromatic heterocycles. The summed E-state index contributed by atoms with van der Waals surface area (Å²) in [6.45, 7) is 0. The molecule has 0 aromatic rings. The van der Waals surface area contributed by atoms with Gasteiger partial charge in [0.15, 0.2) is 0 Å². The van der Waals surface area contributed by atoms with Crippen LogP contribution in [0.25, 0.3) is 0 Å². The van der Waals surface area contributed by atoms with Crippen LogP contribution < -0.4 is 5.32 Å². The number of hydrogen-bond acceptors (Lipinski definition) is 2. The number of nitrogens with zero attached hydrogens (tertiary/aromatic N) is 1. The average molecular weight is 122 g/mol. The maximum atomic E-state index is 4.27. The summed E-state index contributed by atoms with van der Waals surface area (Å²) in [6.07, 6.45) is 8.62. The van der Waals surface area contributed by atoms with Gasteiger partial charge in [-0.05, 0) is 31.0 Å². The van der Waals surface area contributed by atoms with E-state index in [4.69, 9.17) is 0 Å². The third kappa shape index (κ3) is 0.969. The van der Waals surface area contributed by atoms with E-state index in [-0.39, 0.29) is 0 Å². The van der Waals surface area contributed by atoms with Crippen molar-refractivity contribution in [1.82, 2.24) is 5.32 Å². The number of aliphatic imine (C=N–C) groups is 1. The van der Waals surface area contributed by atoms with E-state index < -0.39 is 0 Å². The molecule has 0 bridgehead atoms. The molecule has 2 rings (SSSR count). The number of hydrogen-bond donors (Lipinski definition) is 1. The molecule has 1 aliphatic heterocycles. The minimum absolute atomic E-state index is 0.492. The van der Waals surface area contributed by atoms with Crippen molar-refractivity contribution < 1.29 is 0 Å². The van der Waals surface area contributed by atoms with E-state index in [2.05, 4.69) is 16.4 Å². The first-order chi connectivity index (χ1) is 4.47. The van der Waals surface area contributed by atoms with Gasteiger partial charge in [0.05, 0.1) is 12.4 Å². The Morgan fingerprint density at radius 3 is 2.89 bits per heavy atom. The van der Waals surface area contributed by atoms with Gasteiger partial charge in [0.25, 0.3) is 0 Å². The summed E-state index contributed by atoms with van der Waals surface area (Å²) in [5, 5.41) is 2.93. The van der Waals surface area contributed by atoms with E-state index in [0.717, 1.165) is 5.92 Å². The summed E-state index contributed by atoms with van der Waals surface area (Å²) in [7, 11) is 0. The summed E-state index contributed by atoms with van der Waals surface area (Å²) >= 11 is 0. The Morgan fingerprint density at radius 1 is 1.44 bits per heavy atom. The van der Waals surface area contributed by atoms with Crippen LogP contribution in [0, 0.1) is 5.92 Å². The lowest BCUT2D eigenvalue weighted by Crippen LogP contribution is -2.14. The quantitative estimate of drug-likeness (QED) is 0.549. The topological polar surface area (TPSA) is 24.4 Å². The fourth-order valence-corrected chi connectivity index (χ4v) is 1.09. The highest BCUT2D eigenvalue weighted by atomic mass is 15.0. The van der Waals surface area contributed by atoms with Crippen molar-refractivity contribution in [2.24, 2.45) is 10.9 Å². The largest absolute Gasteiger partial charge is 0.353 e. The van der Waals surface area contributed by atoms with Crippen LogP contribution >= 0.6 is 0 Å². The van der Waals surface area contributed by atoms with Crippen molar-refractivity contribution in [2.45, 2.75) is 18.9 Å². The summed E-state index contributed by atoms with van der Waals surface area (Å²) < 4.78 is 0. The Kier molecular flexibility index (Phi) is 1.04. The van der Waals surface area contributed by atoms with Gasteiger partial charge < -0.3 is 5.32 Å². The summed E-state index contributed by atoms with van der Waals surface area (Å²) in [4.78, 5) is 4.27. The zero-order valence-electron chi connectivity index (χ0n) is 5.25. The molecule has 1 aliphatic carbocycles. The van der Waals surface area contributed by atoms with E-state index in [1.54, 1.807) is 6.34 Å². The van der Waals surface area contributed by atoms with E-state index in [0.29, 0.717) is 6.04 Å². The molecule has 0 aromatic carbocycles. The maximum absolute atomic E-state index is 4.27. The van der Waals surface area contributed by atoms with E-state index in [1.165, 1.54) is 12.8 Å². The van der Waals surface area contributed by atoms with Gasteiger partial charge in [-0.1, -0.05) is 0 Å². The molecule has 1 atom stereocenters. The standard InChI is InChI=1S/C7H10N2/c1-2-6(1)7-3-4-8-5-9-7/h3-7H,1-2H2,(H,8,9). The lowest BCUT2D eigenvalue weighted by atomic mass is 10.2. The summed E-state index contributed by atoms with van der Waals surface area (Å²) in [6, 6.07) is 0.492. The van der Waals surface area contributed by atoms with Gasteiger partial charge in [-0.2, -0.15) is 0 Å². The predicted octanol–water partition coefficient (Wildman–Crippen LogP) is 0.910. The lowest BCUT2D eigenvalue weighted by Gasteiger charge is -2.08. The summed E-state index contributed by atoms with van der Waals surface area (Å²) in [5.74, 6) is 0.861. The van der Waals surface area contributed by atoms with E-state index in [1.807, 2.05) is 6.20 Å². The summed E-state index contributed by atoms with van der Waals surface area (Å²) in [5.41, 5.74) is 0. The lowest BCUT2D eigenvalue weighted by molar-refractivity contribution is 0.702. The van der Waals surface area contributed by atoms with Crippen LogP contribution in [0.1, 0.15) is 12.8 Å². The van der Waals surface area contributed by atoms with E-state index >= 15 is 0 Å². The fourth-order valence-electron chi connectivity index (χ4n) is 1.09. The Bertz CT molecular complexity index is 144. The molecule has 48 valence electrons. The van der Waals surface area contributed by atoms with Crippen LogP contribution in [-0.2, 0) is 0 Å². The van der Waals surface area contributed by atoms with Crippen molar-refractivity contribution in [3.05, 3.63) is 12.3 Å². The second-order valence-electron chi connectivity index (χ2n) is 2.63. The normalized spacial score (nSPS) is 32.2. The SMILES string of the molecule is C1=CC(C2CC2)N=CN1. The second-order valence-corrected chi connectivity index (χ2v) is 2.63. The van der Waals surface area contributed by atoms with E-state index in [9.17, 15) is 0 Å². The van der Waals surface area contributed by atoms with Crippen LogP contribution in [-0.4, -0.2) is 12.4 Å². The molecule has 0 saturated heterocycles. The van der Waals surface area contributed by atoms with Gasteiger partial charge in [0.2, 0.25) is 0 Å². The van der Waals surface area contributed by atoms with Crippen molar-refractivity contribution in [2.75, 3.05) is 0 Å². The second kappa shape index (κ2) is 1.87. The molecule has 0 radical (unpaired) electrons. The van der Waals surface area contributed by atoms with Crippen molar-refractivity contribution in [3.63, 3.8) is 0 Å².